The zero-order valence-corrected chi connectivity index (χ0v) is 10.5. The molecule has 2 rings (SSSR count). The van der Waals surface area contributed by atoms with E-state index in [1.807, 2.05) is 6.07 Å². The molecule has 4 nitrogen and oxygen atoms in total. The number of benzene rings is 1. The molecule has 1 N–H and O–H groups in total. The maximum Gasteiger partial charge on any atom is 0.417 e. The SMILES string of the molecule is CC(O)CN1C(=O)c2c(cccc2C(F)(F)F)C1C#N. The first-order valence-corrected chi connectivity index (χ1v) is 5.86. The van der Waals surface area contributed by atoms with Crippen LogP contribution >= 0.6 is 0 Å². The molecule has 1 aromatic carbocycles. The van der Waals surface area contributed by atoms with Gasteiger partial charge in [-0.05, 0) is 13.0 Å². The van der Waals surface area contributed by atoms with Gasteiger partial charge >= 0.3 is 6.18 Å². The number of hydrogen-bond acceptors (Lipinski definition) is 3. The van der Waals surface area contributed by atoms with E-state index in [0.29, 0.717) is 0 Å². The number of hydrogen-bond donors (Lipinski definition) is 1. The highest BCUT2D eigenvalue weighted by Crippen LogP contribution is 2.41. The molecular formula is C13H11F3N2O2. The monoisotopic (exact) mass is 284 g/mol. The van der Waals surface area contributed by atoms with E-state index in [4.69, 9.17) is 5.26 Å². The van der Waals surface area contributed by atoms with E-state index in [1.165, 1.54) is 19.1 Å². The van der Waals surface area contributed by atoms with Crippen molar-refractivity contribution < 1.29 is 23.1 Å². The molecule has 2 atom stereocenters. The third-order valence-corrected chi connectivity index (χ3v) is 3.07. The number of alkyl halides is 3. The Balaban J connectivity index is 2.58. The van der Waals surface area contributed by atoms with Crippen LogP contribution in [0, 0.1) is 11.3 Å². The molecule has 1 aliphatic heterocycles. The third-order valence-electron chi connectivity index (χ3n) is 3.07. The Hall–Kier alpha value is -2.07. The van der Waals surface area contributed by atoms with Crippen LogP contribution in [0.15, 0.2) is 18.2 Å². The van der Waals surface area contributed by atoms with Crippen molar-refractivity contribution >= 4 is 5.91 Å². The first-order chi connectivity index (χ1) is 9.27. The summed E-state index contributed by atoms with van der Waals surface area (Å²) < 4.78 is 38.8. The van der Waals surface area contributed by atoms with Gasteiger partial charge in [-0.3, -0.25) is 4.79 Å². The number of nitrogens with zero attached hydrogens (tertiary/aromatic N) is 2. The molecule has 1 aliphatic rings. The quantitative estimate of drug-likeness (QED) is 0.904. The minimum absolute atomic E-state index is 0.0352. The highest BCUT2D eigenvalue weighted by molar-refractivity contribution is 6.01. The van der Waals surface area contributed by atoms with Crippen molar-refractivity contribution in [2.75, 3.05) is 6.54 Å². The maximum absolute atomic E-state index is 12.9. The van der Waals surface area contributed by atoms with Crippen LogP contribution in [0.4, 0.5) is 13.2 Å². The minimum Gasteiger partial charge on any atom is -0.392 e. The Morgan fingerprint density at radius 2 is 2.15 bits per heavy atom. The van der Waals surface area contributed by atoms with Gasteiger partial charge < -0.3 is 10.0 Å². The highest BCUT2D eigenvalue weighted by Gasteiger charge is 2.44. The maximum atomic E-state index is 12.9. The minimum atomic E-state index is -4.66. The molecule has 0 saturated heterocycles. The van der Waals surface area contributed by atoms with E-state index < -0.39 is 35.4 Å². The fourth-order valence-corrected chi connectivity index (χ4v) is 2.31. The number of carbonyl (C=O) groups excluding carboxylic acids is 1. The Morgan fingerprint density at radius 1 is 1.50 bits per heavy atom. The van der Waals surface area contributed by atoms with Crippen molar-refractivity contribution in [2.24, 2.45) is 0 Å². The van der Waals surface area contributed by atoms with Crippen LogP contribution in [0.25, 0.3) is 0 Å². The average molecular weight is 284 g/mol. The van der Waals surface area contributed by atoms with Gasteiger partial charge in [0.05, 0.1) is 23.3 Å². The molecule has 0 bridgehead atoms. The number of halogens is 3. The van der Waals surface area contributed by atoms with Gasteiger partial charge in [0.1, 0.15) is 6.04 Å². The van der Waals surface area contributed by atoms with Crippen LogP contribution < -0.4 is 0 Å². The lowest BCUT2D eigenvalue weighted by Gasteiger charge is -2.21. The second-order valence-electron chi connectivity index (χ2n) is 4.61. The second kappa shape index (κ2) is 4.80. The summed E-state index contributed by atoms with van der Waals surface area (Å²) in [6.45, 7) is 1.21. The fourth-order valence-electron chi connectivity index (χ4n) is 2.31. The van der Waals surface area contributed by atoms with E-state index >= 15 is 0 Å². The van der Waals surface area contributed by atoms with Crippen molar-refractivity contribution in [3.05, 3.63) is 34.9 Å². The predicted octanol–water partition coefficient (Wildman–Crippen LogP) is 2.11. The molecule has 1 heterocycles. The number of aliphatic hydroxyl groups is 1. The van der Waals surface area contributed by atoms with Crippen molar-refractivity contribution in [2.45, 2.75) is 25.2 Å². The van der Waals surface area contributed by atoms with Gasteiger partial charge in [-0.15, -0.1) is 0 Å². The van der Waals surface area contributed by atoms with Crippen LogP contribution in [0.5, 0.6) is 0 Å². The third kappa shape index (κ3) is 2.23. The van der Waals surface area contributed by atoms with Gasteiger partial charge in [0.2, 0.25) is 0 Å². The van der Waals surface area contributed by atoms with Crippen LogP contribution in [0.1, 0.15) is 34.5 Å². The van der Waals surface area contributed by atoms with Gasteiger partial charge in [-0.1, -0.05) is 12.1 Å². The zero-order valence-electron chi connectivity index (χ0n) is 10.5. The molecule has 0 saturated carbocycles. The summed E-state index contributed by atoms with van der Waals surface area (Å²) >= 11 is 0. The predicted molar refractivity (Wildman–Crippen MR) is 62.5 cm³/mol. The fraction of sp³-hybridized carbons (Fsp3) is 0.385. The van der Waals surface area contributed by atoms with Gasteiger partial charge in [0.25, 0.3) is 5.91 Å². The summed E-state index contributed by atoms with van der Waals surface area (Å²) in [4.78, 5) is 13.1. The Bertz CT molecular complexity index is 590. The first kappa shape index (κ1) is 14.3. The van der Waals surface area contributed by atoms with E-state index in [2.05, 4.69) is 0 Å². The molecule has 0 aromatic heterocycles. The molecule has 2 unspecified atom stereocenters. The summed E-state index contributed by atoms with van der Waals surface area (Å²) in [6.07, 6.45) is -5.60. The molecular weight excluding hydrogens is 273 g/mol. The number of fused-ring (bicyclic) bond motifs is 1. The average Bonchev–Trinajstić information content (AvgIpc) is 2.61. The van der Waals surface area contributed by atoms with E-state index in [0.717, 1.165) is 11.0 Å². The Morgan fingerprint density at radius 3 is 2.65 bits per heavy atom. The summed E-state index contributed by atoms with van der Waals surface area (Å²) in [6, 6.07) is 4.03. The summed E-state index contributed by atoms with van der Waals surface area (Å²) in [5.74, 6) is -0.875. The van der Waals surface area contributed by atoms with Crippen LogP contribution in [-0.2, 0) is 6.18 Å². The number of aliphatic hydroxyl groups excluding tert-OH is 1. The lowest BCUT2D eigenvalue weighted by molar-refractivity contribution is -0.137. The van der Waals surface area contributed by atoms with E-state index in [-0.39, 0.29) is 12.1 Å². The van der Waals surface area contributed by atoms with Crippen molar-refractivity contribution in [3.8, 4) is 6.07 Å². The topological polar surface area (TPSA) is 64.3 Å². The lowest BCUT2D eigenvalue weighted by Crippen LogP contribution is -2.34. The smallest absolute Gasteiger partial charge is 0.392 e. The van der Waals surface area contributed by atoms with Crippen LogP contribution in [0.2, 0.25) is 0 Å². The molecule has 0 aliphatic carbocycles. The number of carbonyl (C=O) groups is 1. The van der Waals surface area contributed by atoms with Crippen molar-refractivity contribution in [1.29, 1.82) is 5.26 Å². The number of nitriles is 1. The van der Waals surface area contributed by atoms with Gasteiger partial charge in [0.15, 0.2) is 0 Å². The van der Waals surface area contributed by atoms with E-state index in [1.54, 1.807) is 0 Å². The largest absolute Gasteiger partial charge is 0.417 e. The molecule has 0 spiro atoms. The molecule has 106 valence electrons. The molecule has 0 fully saturated rings. The molecule has 1 amide bonds. The van der Waals surface area contributed by atoms with Gasteiger partial charge in [-0.25, -0.2) is 0 Å². The standard InChI is InChI=1S/C13H11F3N2O2/c1-7(19)6-18-10(5-17)8-3-2-4-9(13(14,15)16)11(8)12(18)20/h2-4,7,10,19H,6H2,1H3. The van der Waals surface area contributed by atoms with Crippen molar-refractivity contribution in [1.82, 2.24) is 4.90 Å². The Kier molecular flexibility index (Phi) is 3.44. The van der Waals surface area contributed by atoms with Crippen LogP contribution in [0.3, 0.4) is 0 Å². The van der Waals surface area contributed by atoms with Gasteiger partial charge in [-0.2, -0.15) is 18.4 Å². The second-order valence-corrected chi connectivity index (χ2v) is 4.61. The summed E-state index contributed by atoms with van der Waals surface area (Å²) in [5.41, 5.74) is -1.51. The normalized spacial score (nSPS) is 19.7. The first-order valence-electron chi connectivity index (χ1n) is 5.86. The number of amides is 1. The Labute approximate surface area is 113 Å². The zero-order chi connectivity index (χ0) is 15.1. The van der Waals surface area contributed by atoms with E-state index in [9.17, 15) is 23.1 Å². The molecule has 1 aromatic rings. The summed E-state index contributed by atoms with van der Waals surface area (Å²) in [5, 5.41) is 18.4. The van der Waals surface area contributed by atoms with Crippen LogP contribution in [-0.4, -0.2) is 28.6 Å². The lowest BCUT2D eigenvalue weighted by atomic mass is 10.00. The highest BCUT2D eigenvalue weighted by atomic mass is 19.4. The molecule has 7 heteroatoms. The van der Waals surface area contributed by atoms with Crippen molar-refractivity contribution in [3.63, 3.8) is 0 Å². The number of rotatable bonds is 2. The van der Waals surface area contributed by atoms with Gasteiger partial charge in [0, 0.05) is 12.1 Å². The molecule has 20 heavy (non-hydrogen) atoms. The molecule has 0 radical (unpaired) electrons. The number of β-amino-alcohol motifs (C(OH)–C–C–N with tert-alkyl or cyclic N) is 1. The summed E-state index contributed by atoms with van der Waals surface area (Å²) in [7, 11) is 0.